The number of carbonyl (C=O) groups excluding carboxylic acids is 1. The zero-order chi connectivity index (χ0) is 25.5. The van der Waals surface area contributed by atoms with Crippen molar-refractivity contribution in [2.45, 2.75) is 105 Å². The quantitative estimate of drug-likeness (QED) is 0.454. The lowest BCUT2D eigenvalue weighted by molar-refractivity contribution is -0.144. The van der Waals surface area contributed by atoms with Gasteiger partial charge in [0.2, 0.25) is 0 Å². The molecule has 0 heterocycles. The van der Waals surface area contributed by atoms with E-state index < -0.39 is 6.10 Å². The number of ketones is 1. The van der Waals surface area contributed by atoms with Crippen molar-refractivity contribution >= 4 is 23.5 Å². The first-order valence-corrected chi connectivity index (χ1v) is 13.9. The minimum absolute atomic E-state index is 0.0179. The van der Waals surface area contributed by atoms with Gasteiger partial charge >= 0.3 is 0 Å². The third-order valence-corrected chi connectivity index (χ3v) is 9.14. The fraction of sp³-hybridized carbons (Fsp3) is 0.700. The molecule has 4 heteroatoms. The summed E-state index contributed by atoms with van der Waals surface area (Å²) in [5, 5.41) is 22.5. The third-order valence-electron chi connectivity index (χ3n) is 8.89. The van der Waals surface area contributed by atoms with E-state index in [1.54, 1.807) is 0 Å². The van der Waals surface area contributed by atoms with Crippen molar-refractivity contribution in [2.24, 2.45) is 28.6 Å². The van der Waals surface area contributed by atoms with E-state index in [0.717, 1.165) is 55.5 Å². The largest absolute Gasteiger partial charge is 0.393 e. The number of fused-ring (bicyclic) bond motifs is 1. The summed E-state index contributed by atoms with van der Waals surface area (Å²) in [4.78, 5) is 12.5. The molecule has 3 aliphatic rings. The van der Waals surface area contributed by atoms with Gasteiger partial charge in [0, 0.05) is 16.9 Å². The molecule has 2 N–H and O–H groups in total. The maximum atomic E-state index is 12.5. The molecule has 3 nitrogen and oxygen atoms in total. The molecule has 0 saturated heterocycles. The molecule has 7 atom stereocenters. The van der Waals surface area contributed by atoms with Gasteiger partial charge in [-0.3, -0.25) is 4.79 Å². The van der Waals surface area contributed by atoms with Gasteiger partial charge in [0.25, 0.3) is 0 Å². The molecule has 6 unspecified atom stereocenters. The van der Waals surface area contributed by atoms with Gasteiger partial charge in [0.15, 0.2) is 0 Å². The molecule has 3 fully saturated rings. The molecule has 34 heavy (non-hydrogen) atoms. The second-order valence-corrected chi connectivity index (χ2v) is 10.9. The molecule has 4 rings (SSSR count). The molecular formula is C30H47ClO3. The molecule has 0 amide bonds. The average molecular weight is 491 g/mol. The number of benzene rings is 1. The number of aliphatic hydroxyl groups excluding tert-OH is 2. The number of aliphatic hydroxyl groups is 2. The highest BCUT2D eigenvalue weighted by molar-refractivity contribution is 6.30. The van der Waals surface area contributed by atoms with Crippen molar-refractivity contribution in [2.75, 3.05) is 0 Å². The van der Waals surface area contributed by atoms with E-state index in [0.29, 0.717) is 18.1 Å². The SMILES string of the molecule is CC.CC.CC12CCC(C3(C)CCC(O)CC3C/C=C\c3ccc(Cl)cc3)[C@@H](O)C1CCC2=O. The van der Waals surface area contributed by atoms with Gasteiger partial charge in [-0.15, -0.1) is 0 Å². The first kappa shape index (κ1) is 29.1. The summed E-state index contributed by atoms with van der Waals surface area (Å²) in [6, 6.07) is 7.81. The Labute approximate surface area is 213 Å². The monoisotopic (exact) mass is 490 g/mol. The van der Waals surface area contributed by atoms with Crippen LogP contribution in [-0.2, 0) is 4.79 Å². The van der Waals surface area contributed by atoms with Crippen LogP contribution in [0.1, 0.15) is 98.5 Å². The lowest BCUT2D eigenvalue weighted by Gasteiger charge is -2.54. The van der Waals surface area contributed by atoms with Crippen LogP contribution < -0.4 is 0 Å². The van der Waals surface area contributed by atoms with Crippen LogP contribution in [0.2, 0.25) is 5.02 Å². The molecule has 0 radical (unpaired) electrons. The van der Waals surface area contributed by atoms with Crippen molar-refractivity contribution in [1.29, 1.82) is 0 Å². The van der Waals surface area contributed by atoms with Crippen LogP contribution in [0.15, 0.2) is 30.3 Å². The molecule has 192 valence electrons. The van der Waals surface area contributed by atoms with E-state index in [1.165, 1.54) is 0 Å². The van der Waals surface area contributed by atoms with E-state index >= 15 is 0 Å². The third kappa shape index (κ3) is 5.97. The Morgan fingerprint density at radius 2 is 1.62 bits per heavy atom. The van der Waals surface area contributed by atoms with Gasteiger partial charge in [-0.05, 0) is 85.8 Å². The van der Waals surface area contributed by atoms with Gasteiger partial charge in [0.1, 0.15) is 5.78 Å². The van der Waals surface area contributed by atoms with Crippen molar-refractivity contribution in [3.05, 3.63) is 40.9 Å². The van der Waals surface area contributed by atoms with E-state index in [2.05, 4.69) is 26.0 Å². The summed E-state index contributed by atoms with van der Waals surface area (Å²) in [6.45, 7) is 12.4. The van der Waals surface area contributed by atoms with Gasteiger partial charge in [-0.25, -0.2) is 0 Å². The van der Waals surface area contributed by atoms with Gasteiger partial charge in [0.05, 0.1) is 12.2 Å². The van der Waals surface area contributed by atoms with Gasteiger partial charge in [-0.2, -0.15) is 0 Å². The molecule has 1 aromatic rings. The van der Waals surface area contributed by atoms with Crippen molar-refractivity contribution in [3.63, 3.8) is 0 Å². The Bertz CT molecular complexity index is 804. The topological polar surface area (TPSA) is 57.5 Å². The van der Waals surface area contributed by atoms with Crippen molar-refractivity contribution in [3.8, 4) is 0 Å². The second kappa shape index (κ2) is 12.7. The maximum Gasteiger partial charge on any atom is 0.139 e. The Morgan fingerprint density at radius 3 is 2.26 bits per heavy atom. The highest BCUT2D eigenvalue weighted by Gasteiger charge is 2.58. The molecular weight excluding hydrogens is 444 g/mol. The number of rotatable bonds is 4. The normalized spacial score (nSPS) is 37.3. The number of hydrogen-bond acceptors (Lipinski definition) is 3. The number of Topliss-reactive ketones (excluding diaryl/α,β-unsaturated/α-hetero) is 1. The number of allylic oxidation sites excluding steroid dienone is 1. The van der Waals surface area contributed by atoms with Crippen LogP contribution in [0.4, 0.5) is 0 Å². The zero-order valence-corrected chi connectivity index (χ0v) is 22.9. The Morgan fingerprint density at radius 1 is 0.971 bits per heavy atom. The summed E-state index contributed by atoms with van der Waals surface area (Å²) in [7, 11) is 0. The standard InChI is InChI=1S/C26H35ClO3.2C2H6/c1-25(22-13-15-26(2)21(24(22)30)10-11-23(26)29)14-12-20(28)16-18(25)5-3-4-17-6-8-19(27)9-7-17;2*1-2/h3-4,6-9,18,20-22,24,28,30H,5,10-16H2,1-2H3;2*1-2H3/b4-3-;;/t18?,20?,21?,22?,24-,25?,26?;;/m0../s1. The first-order valence-electron chi connectivity index (χ1n) is 13.6. The lowest BCUT2D eigenvalue weighted by atomic mass is 9.51. The first-order chi connectivity index (χ1) is 16.2. The molecule has 3 saturated carbocycles. The highest BCUT2D eigenvalue weighted by atomic mass is 35.5. The minimum Gasteiger partial charge on any atom is -0.393 e. The fourth-order valence-electron chi connectivity index (χ4n) is 6.79. The Kier molecular flexibility index (Phi) is 10.9. The highest BCUT2D eigenvalue weighted by Crippen LogP contribution is 2.59. The molecule has 0 aromatic heterocycles. The van der Waals surface area contributed by atoms with Crippen LogP contribution in [0, 0.1) is 28.6 Å². The number of hydrogen-bond donors (Lipinski definition) is 2. The van der Waals surface area contributed by atoms with E-state index in [-0.39, 0.29) is 28.8 Å². The fourth-order valence-corrected chi connectivity index (χ4v) is 6.92. The molecule has 3 aliphatic carbocycles. The van der Waals surface area contributed by atoms with Crippen molar-refractivity contribution in [1.82, 2.24) is 0 Å². The van der Waals surface area contributed by atoms with E-state index in [4.69, 9.17) is 11.6 Å². The maximum absolute atomic E-state index is 12.5. The predicted octanol–water partition coefficient (Wildman–Crippen LogP) is 7.72. The molecule has 0 spiro atoms. The van der Waals surface area contributed by atoms with E-state index in [9.17, 15) is 15.0 Å². The lowest BCUT2D eigenvalue weighted by Crippen LogP contribution is -2.53. The summed E-state index contributed by atoms with van der Waals surface area (Å²) in [5.74, 6) is 0.961. The van der Waals surface area contributed by atoms with Crippen molar-refractivity contribution < 1.29 is 15.0 Å². The van der Waals surface area contributed by atoms with Crippen LogP contribution in [-0.4, -0.2) is 28.2 Å². The molecule has 0 bridgehead atoms. The Hall–Kier alpha value is -1.16. The predicted molar refractivity (Wildman–Crippen MR) is 144 cm³/mol. The van der Waals surface area contributed by atoms with Crippen LogP contribution >= 0.6 is 11.6 Å². The zero-order valence-electron chi connectivity index (χ0n) is 22.2. The van der Waals surface area contributed by atoms with Gasteiger partial charge < -0.3 is 10.2 Å². The van der Waals surface area contributed by atoms with E-state index in [1.807, 2.05) is 52.0 Å². The van der Waals surface area contributed by atoms with Crippen LogP contribution in [0.25, 0.3) is 6.08 Å². The van der Waals surface area contributed by atoms with Crippen LogP contribution in [0.3, 0.4) is 0 Å². The molecule has 1 aromatic carbocycles. The summed E-state index contributed by atoms with van der Waals surface area (Å²) in [5.41, 5.74) is 0.774. The summed E-state index contributed by atoms with van der Waals surface area (Å²) < 4.78 is 0. The second-order valence-electron chi connectivity index (χ2n) is 10.4. The Balaban J connectivity index is 0.000000970. The minimum atomic E-state index is -0.418. The van der Waals surface area contributed by atoms with Gasteiger partial charge in [-0.1, -0.05) is 77.4 Å². The summed E-state index contributed by atoms with van der Waals surface area (Å²) in [6.07, 6.45) is 10.3. The number of halogens is 1. The average Bonchev–Trinajstić information content (AvgIpc) is 3.15. The van der Waals surface area contributed by atoms with Crippen LogP contribution in [0.5, 0.6) is 0 Å². The number of carbonyl (C=O) groups is 1. The molecule has 0 aliphatic heterocycles. The summed E-state index contributed by atoms with van der Waals surface area (Å²) >= 11 is 5.98. The smallest absolute Gasteiger partial charge is 0.139 e.